The van der Waals surface area contributed by atoms with Gasteiger partial charge in [0.25, 0.3) is 0 Å². The first-order valence-corrected chi connectivity index (χ1v) is 15.6. The van der Waals surface area contributed by atoms with Crippen molar-refractivity contribution in [3.8, 4) is 0 Å². The van der Waals surface area contributed by atoms with Crippen molar-refractivity contribution >= 4 is 75.7 Å². The molecule has 17 nitrogen and oxygen atoms in total. The number of hydrogen-bond acceptors (Lipinski definition) is 15. The molecular weight excluding hydrogens is 664 g/mol. The number of halogens is 4. The average molecular weight is 685 g/mol. The number of rotatable bonds is 8. The van der Waals surface area contributed by atoms with Gasteiger partial charge in [-0.25, -0.2) is 18.7 Å². The highest BCUT2D eigenvalue weighted by molar-refractivity contribution is 8.07. The minimum absolute atomic E-state index is 0.0476. The molecule has 0 amide bonds. The third-order valence-corrected chi connectivity index (χ3v) is 8.69. The first-order valence-electron chi connectivity index (χ1n) is 12.2. The summed E-state index contributed by atoms with van der Waals surface area (Å²) in [7, 11) is 0. The molecule has 23 heteroatoms. The number of hydrogen-bond donors (Lipinski definition) is 5. The topological polar surface area (TPSA) is 237 Å². The van der Waals surface area contributed by atoms with Gasteiger partial charge in [-0.15, -0.1) is 0 Å². The molecule has 0 saturated carbocycles. The Kier molecular flexibility index (Phi) is 8.14. The molecule has 0 spiro atoms. The van der Waals surface area contributed by atoms with Gasteiger partial charge in [0.15, 0.2) is 47.7 Å². The summed E-state index contributed by atoms with van der Waals surface area (Å²) in [6.45, 7) is -5.69. The summed E-state index contributed by atoms with van der Waals surface area (Å²) >= 11 is 16.8. The summed E-state index contributed by atoms with van der Waals surface area (Å²) < 4.78 is 55.1. The van der Waals surface area contributed by atoms with E-state index in [2.05, 4.69) is 29.9 Å². The lowest BCUT2D eigenvalue weighted by Crippen LogP contribution is -2.34. The third kappa shape index (κ3) is 5.50. The van der Waals surface area contributed by atoms with Crippen LogP contribution in [0.15, 0.2) is 12.7 Å². The van der Waals surface area contributed by atoms with Crippen LogP contribution < -0.4 is 11.5 Å². The van der Waals surface area contributed by atoms with Gasteiger partial charge in [0.1, 0.15) is 35.4 Å². The van der Waals surface area contributed by atoms with Gasteiger partial charge in [-0.05, 0) is 35.0 Å². The Balaban J connectivity index is 1.15. The average Bonchev–Trinajstić information content (AvgIpc) is 3.69. The zero-order valence-corrected chi connectivity index (χ0v) is 24.5. The van der Waals surface area contributed by atoms with E-state index in [1.807, 2.05) is 0 Å². The molecule has 0 bridgehead atoms. The molecule has 232 valence electrons. The van der Waals surface area contributed by atoms with Crippen molar-refractivity contribution in [3.05, 3.63) is 23.2 Å². The molecule has 2 saturated heterocycles. The van der Waals surface area contributed by atoms with E-state index in [0.29, 0.717) is 0 Å². The molecule has 2 aliphatic heterocycles. The Morgan fingerprint density at radius 2 is 1.44 bits per heavy atom. The second-order valence-electron chi connectivity index (χ2n) is 9.43. The minimum atomic E-state index is -4.30. The lowest BCUT2D eigenvalue weighted by atomic mass is 10.1. The van der Waals surface area contributed by atoms with Gasteiger partial charge < -0.3 is 40.6 Å². The van der Waals surface area contributed by atoms with Crippen molar-refractivity contribution in [1.82, 2.24) is 39.0 Å². The number of aromatic nitrogens is 8. The Hall–Kier alpha value is -2.49. The first kappa shape index (κ1) is 30.5. The number of imidazole rings is 2. The fraction of sp³-hybridized carbons (Fsp3) is 0.500. The number of nitrogens with two attached hydrogens (primary N) is 2. The van der Waals surface area contributed by atoms with Crippen molar-refractivity contribution in [3.63, 3.8) is 0 Å². The molecule has 7 N–H and O–H groups in total. The van der Waals surface area contributed by atoms with Crippen molar-refractivity contribution in [2.45, 2.75) is 49.2 Å². The van der Waals surface area contributed by atoms with Crippen LogP contribution in [0.5, 0.6) is 0 Å². The second-order valence-corrected chi connectivity index (χ2v) is 12.9. The zero-order valence-electron chi connectivity index (χ0n) is 21.3. The standard InChI is InChI=1S/C20H21Cl2F2N10O7PS/c21-19-29-13(25)9-15(31-19)33(3-27-9)17-7(23)11(36)6(40-17)2-38-42(37,43)41-12-5(1-35)39-18(8(12)24)34-4-28-10-14(26)30-20(22)32-16(10)34/h3-8,11-12,17-18,35-36H,1-2H2,(H,37,43)(H2,25,29,31)(H2,26,30,32)/t5-,6-,7?,8?,11?,12?,17-,18-,42?/m1/s1. The summed E-state index contributed by atoms with van der Waals surface area (Å²) in [5.41, 5.74) is 11.9. The molecule has 6 heterocycles. The van der Waals surface area contributed by atoms with Crippen molar-refractivity contribution in [2.75, 3.05) is 24.7 Å². The van der Waals surface area contributed by atoms with Crippen LogP contribution in [0.2, 0.25) is 10.6 Å². The highest BCUT2D eigenvalue weighted by Gasteiger charge is 2.50. The van der Waals surface area contributed by atoms with Gasteiger partial charge in [-0.3, -0.25) is 13.7 Å². The fourth-order valence-electron chi connectivity index (χ4n) is 4.80. The second kappa shape index (κ2) is 11.5. The van der Waals surface area contributed by atoms with Gasteiger partial charge in [0.05, 0.1) is 25.9 Å². The molecule has 0 aromatic carbocycles. The number of aliphatic hydroxyl groups is 2. The van der Waals surface area contributed by atoms with E-state index in [1.54, 1.807) is 0 Å². The zero-order chi connectivity index (χ0) is 30.8. The highest BCUT2D eigenvalue weighted by atomic mass is 35.5. The Morgan fingerprint density at radius 1 is 0.930 bits per heavy atom. The molecule has 0 aliphatic carbocycles. The summed E-state index contributed by atoms with van der Waals surface area (Å²) in [6.07, 6.45) is -10.6. The molecule has 43 heavy (non-hydrogen) atoms. The maximum Gasteiger partial charge on any atom is 0.325 e. The van der Waals surface area contributed by atoms with Gasteiger partial charge in [-0.2, -0.15) is 19.9 Å². The van der Waals surface area contributed by atoms with Crippen molar-refractivity contribution < 1.29 is 42.4 Å². The molecule has 6 rings (SSSR count). The molecule has 0 radical (unpaired) electrons. The molecule has 4 aromatic rings. The van der Waals surface area contributed by atoms with E-state index in [-0.39, 0.29) is 44.5 Å². The number of ether oxygens (including phenoxy) is 2. The first-order chi connectivity index (χ1) is 20.4. The van der Waals surface area contributed by atoms with Crippen molar-refractivity contribution in [2.24, 2.45) is 0 Å². The number of nitrogens with zero attached hydrogens (tertiary/aromatic N) is 8. The van der Waals surface area contributed by atoms with E-state index >= 15 is 8.78 Å². The molecule has 2 aliphatic rings. The Bertz CT molecular complexity index is 1740. The van der Waals surface area contributed by atoms with E-state index < -0.39 is 69.1 Å². The number of nitrogen functional groups attached to an aromatic ring is 2. The maximum absolute atomic E-state index is 15.7. The molecule has 4 aromatic heterocycles. The largest absolute Gasteiger partial charge is 0.394 e. The maximum atomic E-state index is 15.7. The van der Waals surface area contributed by atoms with Gasteiger partial charge in [0, 0.05) is 0 Å². The summed E-state index contributed by atoms with van der Waals surface area (Å²) in [5, 5.41) is 19.9. The van der Waals surface area contributed by atoms with E-state index in [9.17, 15) is 15.1 Å². The quantitative estimate of drug-likeness (QED) is 0.126. The van der Waals surface area contributed by atoms with Crippen LogP contribution in [-0.2, 0) is 30.3 Å². The number of aliphatic hydroxyl groups excluding tert-OH is 2. The minimum Gasteiger partial charge on any atom is -0.394 e. The van der Waals surface area contributed by atoms with Crippen LogP contribution in [0.3, 0.4) is 0 Å². The highest BCUT2D eigenvalue weighted by Crippen LogP contribution is 2.50. The summed E-state index contributed by atoms with van der Waals surface area (Å²) in [5.74, 6) is -0.0990. The monoisotopic (exact) mass is 684 g/mol. The smallest absolute Gasteiger partial charge is 0.325 e. The number of fused-ring (bicyclic) bond motifs is 2. The van der Waals surface area contributed by atoms with E-state index in [1.165, 1.54) is 21.8 Å². The SMILES string of the molecule is Nc1nc(Cl)nc2c1ncn2[C@@H]1O[C@H](COP(O)(=S)OC2C(F)[C@H](n3cnc4c(N)nc(Cl)nc43)O[C@@H]2CO)C(O)C1F. The van der Waals surface area contributed by atoms with Gasteiger partial charge in [0.2, 0.25) is 10.6 Å². The summed E-state index contributed by atoms with van der Waals surface area (Å²) in [4.78, 5) is 34.4. The molecule has 5 unspecified atom stereocenters. The number of alkyl halides is 2. The van der Waals surface area contributed by atoms with Crippen LogP contribution in [-0.4, -0.2) is 104 Å². The van der Waals surface area contributed by atoms with Crippen LogP contribution in [0.25, 0.3) is 22.3 Å². The van der Waals surface area contributed by atoms with Crippen LogP contribution in [0, 0.1) is 0 Å². The lowest BCUT2D eigenvalue weighted by molar-refractivity contribution is -0.0521. The predicted octanol–water partition coefficient (Wildman–Crippen LogP) is 0.580. The third-order valence-electron chi connectivity index (χ3n) is 6.79. The van der Waals surface area contributed by atoms with E-state index in [0.717, 1.165) is 0 Å². The molecule has 9 atom stereocenters. The van der Waals surface area contributed by atoms with Gasteiger partial charge >= 0.3 is 6.72 Å². The fourth-order valence-corrected chi connectivity index (χ4v) is 6.58. The number of anilines is 2. The Labute approximate surface area is 253 Å². The van der Waals surface area contributed by atoms with Crippen LogP contribution in [0.1, 0.15) is 12.5 Å². The van der Waals surface area contributed by atoms with Crippen LogP contribution in [0.4, 0.5) is 20.4 Å². The normalized spacial score (nSPS) is 30.9. The Morgan fingerprint density at radius 3 is 1.98 bits per heavy atom. The molecule has 2 fully saturated rings. The predicted molar refractivity (Wildman–Crippen MR) is 148 cm³/mol. The van der Waals surface area contributed by atoms with Crippen LogP contribution >= 0.6 is 29.9 Å². The van der Waals surface area contributed by atoms with Gasteiger partial charge in [-0.1, -0.05) is 0 Å². The van der Waals surface area contributed by atoms with E-state index in [4.69, 9.17) is 65.0 Å². The summed E-state index contributed by atoms with van der Waals surface area (Å²) in [6, 6.07) is 0. The lowest BCUT2D eigenvalue weighted by Gasteiger charge is -2.25. The van der Waals surface area contributed by atoms with Crippen molar-refractivity contribution in [1.29, 1.82) is 0 Å². The molecular formula is C20H21Cl2F2N10O7PS.